The number of aromatic nitrogens is 1. The molecule has 4 rings (SSSR count). The quantitative estimate of drug-likeness (QED) is 0.688. The van der Waals surface area contributed by atoms with E-state index < -0.39 is 0 Å². The molecule has 1 aromatic heterocycles. The van der Waals surface area contributed by atoms with Crippen molar-refractivity contribution in [3.63, 3.8) is 0 Å². The van der Waals surface area contributed by atoms with Crippen molar-refractivity contribution in [3.05, 3.63) is 65.3 Å². The molecule has 3 aromatic rings. The van der Waals surface area contributed by atoms with Gasteiger partial charge in [0.1, 0.15) is 0 Å². The van der Waals surface area contributed by atoms with Gasteiger partial charge < -0.3 is 15.2 Å². The van der Waals surface area contributed by atoms with Crippen molar-refractivity contribution in [2.45, 2.75) is 19.3 Å². The number of carbonyl (C=O) groups excluding carboxylic acids is 1. The molecule has 1 aliphatic heterocycles. The van der Waals surface area contributed by atoms with Gasteiger partial charge in [-0.05, 0) is 55.2 Å². The Bertz CT molecular complexity index is 914. The Balaban J connectivity index is 1.27. The number of aromatic amines is 1. The number of nitrogens with one attached hydrogen (secondary N) is 2. The molecule has 1 fully saturated rings. The van der Waals surface area contributed by atoms with Gasteiger partial charge in [-0.1, -0.05) is 29.8 Å². The standard InChI is InChI=1S/C22H24ClN3O/c23-18-6-7-21-20(14-18)17(15-25-21)8-11-24-22(27)16-9-12-26(13-10-16)19-4-2-1-3-5-19/h1-7,14-16,25H,8-13H2,(H,24,27). The van der Waals surface area contributed by atoms with Crippen molar-refractivity contribution in [3.8, 4) is 0 Å². The Morgan fingerprint density at radius 1 is 1.15 bits per heavy atom. The zero-order valence-corrected chi connectivity index (χ0v) is 16.0. The first kappa shape index (κ1) is 17.9. The molecule has 2 aromatic carbocycles. The highest BCUT2D eigenvalue weighted by molar-refractivity contribution is 6.31. The maximum atomic E-state index is 12.5. The Morgan fingerprint density at radius 2 is 1.93 bits per heavy atom. The molecule has 0 bridgehead atoms. The van der Waals surface area contributed by atoms with Crippen LogP contribution in [0.4, 0.5) is 5.69 Å². The molecular weight excluding hydrogens is 358 g/mol. The number of amides is 1. The van der Waals surface area contributed by atoms with Crippen molar-refractivity contribution in [1.82, 2.24) is 10.3 Å². The smallest absolute Gasteiger partial charge is 0.223 e. The molecule has 0 radical (unpaired) electrons. The van der Waals surface area contributed by atoms with E-state index in [0.29, 0.717) is 6.54 Å². The Labute approximate surface area is 164 Å². The van der Waals surface area contributed by atoms with Crippen molar-refractivity contribution in [2.75, 3.05) is 24.5 Å². The molecule has 1 aliphatic rings. The second-order valence-corrected chi connectivity index (χ2v) is 7.58. The van der Waals surface area contributed by atoms with E-state index in [1.165, 1.54) is 11.3 Å². The lowest BCUT2D eigenvalue weighted by molar-refractivity contribution is -0.125. The van der Waals surface area contributed by atoms with Crippen LogP contribution in [-0.4, -0.2) is 30.5 Å². The van der Waals surface area contributed by atoms with Crippen LogP contribution in [0.25, 0.3) is 10.9 Å². The Hall–Kier alpha value is -2.46. The summed E-state index contributed by atoms with van der Waals surface area (Å²) in [7, 11) is 0. The molecule has 0 atom stereocenters. The van der Waals surface area contributed by atoms with Crippen LogP contribution < -0.4 is 10.2 Å². The number of hydrogen-bond acceptors (Lipinski definition) is 2. The molecule has 0 spiro atoms. The van der Waals surface area contributed by atoms with Crippen LogP contribution in [-0.2, 0) is 11.2 Å². The number of hydrogen-bond donors (Lipinski definition) is 2. The first-order valence-electron chi connectivity index (χ1n) is 9.54. The highest BCUT2D eigenvalue weighted by Crippen LogP contribution is 2.24. The molecule has 1 saturated heterocycles. The molecular formula is C22H24ClN3O. The van der Waals surface area contributed by atoms with Crippen molar-refractivity contribution in [2.24, 2.45) is 5.92 Å². The fourth-order valence-corrected chi connectivity index (χ4v) is 4.03. The lowest BCUT2D eigenvalue weighted by atomic mass is 9.95. The predicted molar refractivity (Wildman–Crippen MR) is 111 cm³/mol. The lowest BCUT2D eigenvalue weighted by Gasteiger charge is -2.33. The van der Waals surface area contributed by atoms with Gasteiger partial charge in [0.25, 0.3) is 0 Å². The normalized spacial score (nSPS) is 15.2. The van der Waals surface area contributed by atoms with E-state index in [1.54, 1.807) is 0 Å². The minimum absolute atomic E-state index is 0.113. The summed E-state index contributed by atoms with van der Waals surface area (Å²) in [5.74, 6) is 0.294. The molecule has 1 amide bonds. The fraction of sp³-hybridized carbons (Fsp3) is 0.318. The molecule has 5 heteroatoms. The average Bonchev–Trinajstić information content (AvgIpc) is 3.11. The van der Waals surface area contributed by atoms with E-state index in [0.717, 1.165) is 48.3 Å². The zero-order valence-electron chi connectivity index (χ0n) is 15.2. The maximum absolute atomic E-state index is 12.5. The van der Waals surface area contributed by atoms with Crippen LogP contribution in [0.2, 0.25) is 5.02 Å². The van der Waals surface area contributed by atoms with Crippen LogP contribution >= 0.6 is 11.6 Å². The summed E-state index contributed by atoms with van der Waals surface area (Å²) >= 11 is 6.10. The van der Waals surface area contributed by atoms with Gasteiger partial charge >= 0.3 is 0 Å². The number of H-pyrrole nitrogens is 1. The van der Waals surface area contributed by atoms with E-state index >= 15 is 0 Å². The summed E-state index contributed by atoms with van der Waals surface area (Å²) in [6.07, 6.45) is 4.62. The average molecular weight is 382 g/mol. The third kappa shape index (κ3) is 4.11. The summed E-state index contributed by atoms with van der Waals surface area (Å²) in [6, 6.07) is 16.3. The van der Waals surface area contributed by atoms with E-state index in [2.05, 4.69) is 39.5 Å². The molecule has 2 N–H and O–H groups in total. The predicted octanol–water partition coefficient (Wildman–Crippen LogP) is 4.40. The van der Waals surface area contributed by atoms with Gasteiger partial charge in [0.2, 0.25) is 5.91 Å². The van der Waals surface area contributed by atoms with Crippen molar-refractivity contribution < 1.29 is 4.79 Å². The van der Waals surface area contributed by atoms with Crippen LogP contribution in [0, 0.1) is 5.92 Å². The number of fused-ring (bicyclic) bond motifs is 1. The van der Waals surface area contributed by atoms with E-state index in [1.807, 2.05) is 30.5 Å². The molecule has 0 unspecified atom stereocenters. The topological polar surface area (TPSA) is 48.1 Å². The highest BCUT2D eigenvalue weighted by atomic mass is 35.5. The van der Waals surface area contributed by atoms with Gasteiger partial charge in [0, 0.05) is 53.4 Å². The van der Waals surface area contributed by atoms with E-state index in [-0.39, 0.29) is 11.8 Å². The molecule has 27 heavy (non-hydrogen) atoms. The van der Waals surface area contributed by atoms with E-state index in [4.69, 9.17) is 11.6 Å². The molecule has 0 saturated carbocycles. The van der Waals surface area contributed by atoms with Gasteiger partial charge in [-0.25, -0.2) is 0 Å². The van der Waals surface area contributed by atoms with Crippen molar-refractivity contribution >= 4 is 34.1 Å². The maximum Gasteiger partial charge on any atom is 0.223 e. The number of halogens is 1. The number of rotatable bonds is 5. The number of nitrogens with zero attached hydrogens (tertiary/aromatic N) is 1. The summed E-state index contributed by atoms with van der Waals surface area (Å²) < 4.78 is 0. The monoisotopic (exact) mass is 381 g/mol. The van der Waals surface area contributed by atoms with Crippen molar-refractivity contribution in [1.29, 1.82) is 0 Å². The zero-order chi connectivity index (χ0) is 18.6. The number of benzene rings is 2. The molecule has 0 aliphatic carbocycles. The van der Waals surface area contributed by atoms with Crippen LogP contribution in [0.1, 0.15) is 18.4 Å². The van der Waals surface area contributed by atoms with Gasteiger partial charge in [0.15, 0.2) is 0 Å². The van der Waals surface area contributed by atoms with Crippen LogP contribution in [0.15, 0.2) is 54.7 Å². The number of para-hydroxylation sites is 1. The second kappa shape index (κ2) is 8.05. The minimum Gasteiger partial charge on any atom is -0.371 e. The van der Waals surface area contributed by atoms with Crippen LogP contribution in [0.5, 0.6) is 0 Å². The highest BCUT2D eigenvalue weighted by Gasteiger charge is 2.24. The van der Waals surface area contributed by atoms with Gasteiger partial charge in [-0.15, -0.1) is 0 Å². The van der Waals surface area contributed by atoms with Gasteiger partial charge in [-0.2, -0.15) is 0 Å². The Kier molecular flexibility index (Phi) is 5.35. The van der Waals surface area contributed by atoms with Gasteiger partial charge in [0.05, 0.1) is 0 Å². The second-order valence-electron chi connectivity index (χ2n) is 7.14. The summed E-state index contributed by atoms with van der Waals surface area (Å²) in [4.78, 5) is 18.1. The van der Waals surface area contributed by atoms with E-state index in [9.17, 15) is 4.79 Å². The number of piperidine rings is 1. The molecule has 2 heterocycles. The molecule has 140 valence electrons. The summed E-state index contributed by atoms with van der Waals surface area (Å²) in [5.41, 5.74) is 3.51. The number of anilines is 1. The lowest BCUT2D eigenvalue weighted by Crippen LogP contribution is -2.41. The largest absolute Gasteiger partial charge is 0.371 e. The first-order valence-corrected chi connectivity index (χ1v) is 9.92. The Morgan fingerprint density at radius 3 is 2.70 bits per heavy atom. The summed E-state index contributed by atoms with van der Waals surface area (Å²) in [6.45, 7) is 2.52. The fourth-order valence-electron chi connectivity index (χ4n) is 3.86. The third-order valence-electron chi connectivity index (χ3n) is 5.41. The first-order chi connectivity index (χ1) is 13.2. The van der Waals surface area contributed by atoms with Gasteiger partial charge in [-0.3, -0.25) is 4.79 Å². The molecule has 4 nitrogen and oxygen atoms in total. The SMILES string of the molecule is O=C(NCCc1c[nH]c2ccc(Cl)cc12)C1CCN(c2ccccc2)CC1. The van der Waals surface area contributed by atoms with Crippen LogP contribution in [0.3, 0.4) is 0 Å². The minimum atomic E-state index is 0.113. The number of carbonyl (C=O) groups is 1. The third-order valence-corrected chi connectivity index (χ3v) is 5.65. The summed E-state index contributed by atoms with van der Waals surface area (Å²) in [5, 5.41) is 4.99.